The molecule has 1 saturated heterocycles. The molecule has 7 nitrogen and oxygen atoms in total. The van der Waals surface area contributed by atoms with Gasteiger partial charge in [-0.25, -0.2) is 4.98 Å². The van der Waals surface area contributed by atoms with Crippen LogP contribution in [0.5, 0.6) is 0 Å². The second-order valence-corrected chi connectivity index (χ2v) is 12.7. The van der Waals surface area contributed by atoms with Crippen LogP contribution < -0.4 is 9.80 Å². The van der Waals surface area contributed by atoms with Gasteiger partial charge in [-0.3, -0.25) is 9.59 Å². The number of fused-ring (bicyclic) bond motifs is 1. The van der Waals surface area contributed by atoms with E-state index in [0.29, 0.717) is 30.9 Å². The van der Waals surface area contributed by atoms with E-state index in [2.05, 4.69) is 37.9 Å². The predicted molar refractivity (Wildman–Crippen MR) is 157 cm³/mol. The van der Waals surface area contributed by atoms with E-state index in [1.54, 1.807) is 13.3 Å². The number of rotatable bonds is 9. The largest absolute Gasteiger partial charge is 0.383 e. The number of carbonyl (C=O) groups excluding carboxylic acids is 2. The Morgan fingerprint density at radius 1 is 1.08 bits per heavy atom. The number of anilines is 2. The van der Waals surface area contributed by atoms with Crippen LogP contribution in [0.4, 0.5) is 11.5 Å². The lowest BCUT2D eigenvalue weighted by Crippen LogP contribution is -2.36. The first-order chi connectivity index (χ1) is 18.7. The minimum atomic E-state index is 0.00383. The monoisotopic (exact) mass is 546 g/mol. The van der Waals surface area contributed by atoms with E-state index in [0.717, 1.165) is 41.6 Å². The minimum Gasteiger partial charge on any atom is -0.383 e. The number of hydrogen-bond acceptors (Lipinski definition) is 6. The van der Waals surface area contributed by atoms with Crippen LogP contribution in [-0.4, -0.2) is 68.6 Å². The number of methoxy groups -OCH3 is 1. The van der Waals surface area contributed by atoms with Gasteiger partial charge in [-0.1, -0.05) is 39.0 Å². The molecular weight excluding hydrogens is 508 g/mol. The summed E-state index contributed by atoms with van der Waals surface area (Å²) in [6.07, 6.45) is 1.79. The van der Waals surface area contributed by atoms with Crippen LogP contribution in [0, 0.1) is 17.8 Å². The third-order valence-corrected chi connectivity index (χ3v) is 8.95. The van der Waals surface area contributed by atoms with Gasteiger partial charge in [0.2, 0.25) is 0 Å². The average molecular weight is 547 g/mol. The molecule has 0 N–H and O–H groups in total. The quantitative estimate of drug-likeness (QED) is 0.370. The summed E-state index contributed by atoms with van der Waals surface area (Å²) in [6.45, 7) is 10.0. The molecule has 39 heavy (non-hydrogen) atoms. The van der Waals surface area contributed by atoms with Crippen molar-refractivity contribution in [3.63, 3.8) is 0 Å². The minimum absolute atomic E-state index is 0.00383. The normalized spacial score (nSPS) is 20.0. The lowest BCUT2D eigenvalue weighted by atomic mass is 9.86. The fourth-order valence-corrected chi connectivity index (χ4v) is 6.21. The molecule has 2 aliphatic rings. The van der Waals surface area contributed by atoms with Crippen molar-refractivity contribution >= 4 is 34.7 Å². The molecule has 0 radical (unpaired) electrons. The van der Waals surface area contributed by atoms with Crippen molar-refractivity contribution < 1.29 is 14.3 Å². The lowest BCUT2D eigenvalue weighted by Gasteiger charge is -2.26. The maximum absolute atomic E-state index is 13.5. The molecule has 2 fully saturated rings. The third kappa shape index (κ3) is 5.87. The van der Waals surface area contributed by atoms with Crippen molar-refractivity contribution in [1.82, 2.24) is 9.88 Å². The third-order valence-electron chi connectivity index (χ3n) is 8.09. The number of carbonyl (C=O) groups is 2. The van der Waals surface area contributed by atoms with Crippen LogP contribution in [0.2, 0.25) is 0 Å². The second-order valence-electron chi connectivity index (χ2n) is 11.7. The van der Waals surface area contributed by atoms with Gasteiger partial charge in [0.05, 0.1) is 23.4 Å². The van der Waals surface area contributed by atoms with Gasteiger partial charge in [0.25, 0.3) is 11.8 Å². The molecule has 2 unspecified atom stereocenters. The van der Waals surface area contributed by atoms with Crippen LogP contribution in [0.25, 0.3) is 0 Å². The SMILES string of the molecule is COCCN(C)c1ccc(N(CC2C3CN(C(=O)c4ccc(C(C)(C)C)cc4)CC32)C(=O)c2cccs2)cn1. The number of pyridine rings is 1. The standard InChI is InChI=1S/C31H38N4O3S/c1-31(2,3)22-10-8-21(9-11-22)29(36)34-18-24-25(19-34)26(24)20-35(30(37)27-7-6-16-39-27)23-12-13-28(32-17-23)33(4)14-15-38-5/h6-13,16-17,24-26H,14-15,18-20H2,1-5H3. The molecule has 2 aromatic heterocycles. The Balaban J connectivity index is 1.25. The molecule has 3 heterocycles. The number of nitrogens with zero attached hydrogens (tertiary/aromatic N) is 4. The highest BCUT2D eigenvalue weighted by Gasteiger charge is 2.57. The van der Waals surface area contributed by atoms with Crippen molar-refractivity contribution in [1.29, 1.82) is 0 Å². The number of benzene rings is 1. The average Bonchev–Trinajstić information content (AvgIpc) is 3.33. The van der Waals surface area contributed by atoms with Gasteiger partial charge in [-0.15, -0.1) is 11.3 Å². The molecule has 1 aliphatic heterocycles. The summed E-state index contributed by atoms with van der Waals surface area (Å²) < 4.78 is 5.17. The van der Waals surface area contributed by atoms with E-state index in [9.17, 15) is 9.59 Å². The van der Waals surface area contributed by atoms with Gasteiger partial charge in [0.1, 0.15) is 5.82 Å². The fraction of sp³-hybridized carbons (Fsp3) is 0.452. The Labute approximate surface area is 235 Å². The first kappa shape index (κ1) is 27.3. The summed E-state index contributed by atoms with van der Waals surface area (Å²) in [6, 6.07) is 15.8. The number of piperidine rings is 1. The number of likely N-dealkylation sites (N-methyl/N-ethyl adjacent to an activating group) is 1. The van der Waals surface area contributed by atoms with Gasteiger partial charge >= 0.3 is 0 Å². The first-order valence-corrected chi connectivity index (χ1v) is 14.5. The molecule has 206 valence electrons. The smallest absolute Gasteiger partial charge is 0.268 e. The highest BCUT2D eigenvalue weighted by molar-refractivity contribution is 7.12. The lowest BCUT2D eigenvalue weighted by molar-refractivity contribution is 0.0766. The van der Waals surface area contributed by atoms with Gasteiger partial charge in [-0.05, 0) is 64.4 Å². The number of ether oxygens (including phenoxy) is 1. The van der Waals surface area contributed by atoms with Gasteiger partial charge < -0.3 is 19.4 Å². The van der Waals surface area contributed by atoms with E-state index in [-0.39, 0.29) is 17.2 Å². The zero-order valence-electron chi connectivity index (χ0n) is 23.5. The zero-order valence-corrected chi connectivity index (χ0v) is 24.3. The van der Waals surface area contributed by atoms with Crippen LogP contribution in [0.1, 0.15) is 46.4 Å². The Kier molecular flexibility index (Phi) is 7.78. The van der Waals surface area contributed by atoms with Gasteiger partial charge in [0.15, 0.2) is 0 Å². The molecule has 3 aromatic rings. The van der Waals surface area contributed by atoms with Crippen molar-refractivity contribution in [2.24, 2.45) is 17.8 Å². The summed E-state index contributed by atoms with van der Waals surface area (Å²) >= 11 is 1.46. The van der Waals surface area contributed by atoms with Crippen molar-refractivity contribution in [3.8, 4) is 0 Å². The fourth-order valence-electron chi connectivity index (χ4n) is 5.54. The maximum atomic E-state index is 13.5. The van der Waals surface area contributed by atoms with Crippen molar-refractivity contribution in [2.45, 2.75) is 26.2 Å². The Morgan fingerprint density at radius 3 is 2.36 bits per heavy atom. The molecule has 2 atom stereocenters. The zero-order chi connectivity index (χ0) is 27.7. The van der Waals surface area contributed by atoms with Crippen molar-refractivity contribution in [2.75, 3.05) is 56.7 Å². The van der Waals surface area contributed by atoms with Crippen molar-refractivity contribution in [3.05, 3.63) is 76.1 Å². The Morgan fingerprint density at radius 2 is 1.79 bits per heavy atom. The predicted octanol–water partition coefficient (Wildman–Crippen LogP) is 5.19. The summed E-state index contributed by atoms with van der Waals surface area (Å²) in [4.78, 5) is 37.9. The molecule has 0 bridgehead atoms. The van der Waals surface area contributed by atoms with Crippen LogP contribution in [-0.2, 0) is 10.2 Å². The molecule has 1 aromatic carbocycles. The summed E-state index contributed by atoms with van der Waals surface area (Å²) in [7, 11) is 3.66. The van der Waals surface area contributed by atoms with Crippen LogP contribution >= 0.6 is 11.3 Å². The first-order valence-electron chi connectivity index (χ1n) is 13.6. The molecule has 2 amide bonds. The second kappa shape index (κ2) is 11.1. The highest BCUT2D eigenvalue weighted by atomic mass is 32.1. The summed E-state index contributed by atoms with van der Waals surface area (Å²) in [5.74, 6) is 2.18. The number of hydrogen-bond donors (Lipinski definition) is 0. The number of amides is 2. The maximum Gasteiger partial charge on any atom is 0.268 e. The summed E-state index contributed by atoms with van der Waals surface area (Å²) in [5, 5.41) is 1.93. The topological polar surface area (TPSA) is 66.0 Å². The van der Waals surface area contributed by atoms with Crippen LogP contribution in [0.3, 0.4) is 0 Å². The van der Waals surface area contributed by atoms with Crippen LogP contribution in [0.15, 0.2) is 60.1 Å². The Bertz CT molecular complexity index is 1270. The molecule has 8 heteroatoms. The van der Waals surface area contributed by atoms with E-state index in [1.807, 2.05) is 63.5 Å². The van der Waals surface area contributed by atoms with E-state index < -0.39 is 0 Å². The molecule has 1 aliphatic carbocycles. The molecule has 5 rings (SSSR count). The Hall–Kier alpha value is -3.23. The van der Waals surface area contributed by atoms with E-state index in [1.165, 1.54) is 16.9 Å². The van der Waals surface area contributed by atoms with Gasteiger partial charge in [-0.2, -0.15) is 0 Å². The number of thiophene rings is 1. The molecule has 1 saturated carbocycles. The van der Waals surface area contributed by atoms with E-state index >= 15 is 0 Å². The van der Waals surface area contributed by atoms with E-state index in [4.69, 9.17) is 4.74 Å². The molecule has 0 spiro atoms. The van der Waals surface area contributed by atoms with Gasteiger partial charge in [0, 0.05) is 45.9 Å². The number of aromatic nitrogens is 1. The highest BCUT2D eigenvalue weighted by Crippen LogP contribution is 2.52. The summed E-state index contributed by atoms with van der Waals surface area (Å²) in [5.41, 5.74) is 2.83. The number of likely N-dealkylation sites (tertiary alicyclic amines) is 1. The molecular formula is C31H38N4O3S.